The Balaban J connectivity index is 0.000000154. The zero-order valence-electron chi connectivity index (χ0n) is 59.1. The Labute approximate surface area is 558 Å². The summed E-state index contributed by atoms with van der Waals surface area (Å²) in [6, 6.07) is 72.4. The molecule has 3 aromatic heterocycles. The van der Waals surface area contributed by atoms with Crippen molar-refractivity contribution in [1.82, 2.24) is 15.0 Å². The maximum absolute atomic E-state index is 14.4. The number of aryl methyl sites for hydroxylation is 2. The van der Waals surface area contributed by atoms with Crippen molar-refractivity contribution in [1.29, 1.82) is 0 Å². The first-order chi connectivity index (χ1) is 44.1. The Morgan fingerprint density at radius 2 is 0.553 bits per heavy atom. The topological polar surface area (TPSA) is 50.3 Å². The van der Waals surface area contributed by atoms with E-state index in [2.05, 4.69) is 310 Å². The molecule has 0 amide bonds. The van der Waals surface area contributed by atoms with Gasteiger partial charge in [-0.25, -0.2) is 23.7 Å². The molecule has 8 heteroatoms. The van der Waals surface area contributed by atoms with Crippen molar-refractivity contribution in [3.05, 3.63) is 252 Å². The third kappa shape index (κ3) is 14.0. The van der Waals surface area contributed by atoms with Crippen molar-refractivity contribution in [3.8, 4) is 67.5 Å². The normalized spacial score (nSPS) is 12.4. The summed E-state index contributed by atoms with van der Waals surface area (Å²) in [7, 11) is 0. The summed E-state index contributed by atoms with van der Waals surface area (Å²) in [4.78, 5) is 15.4. The summed E-state index contributed by atoms with van der Waals surface area (Å²) in [6.45, 7) is 44.5. The fourth-order valence-electron chi connectivity index (χ4n) is 13.1. The molecule has 0 spiro atoms. The molecule has 0 fully saturated rings. The lowest BCUT2D eigenvalue weighted by molar-refractivity contribution is -0.720. The van der Waals surface area contributed by atoms with Crippen LogP contribution in [0.3, 0.4) is 0 Å². The number of benzene rings is 9. The molecule has 0 saturated carbocycles. The van der Waals surface area contributed by atoms with E-state index in [1.807, 2.05) is 42.5 Å². The van der Waals surface area contributed by atoms with E-state index in [0.717, 1.165) is 61.6 Å². The number of fused-ring (bicyclic) bond motifs is 3. The van der Waals surface area contributed by atoms with E-state index in [-0.39, 0.29) is 27.3 Å². The van der Waals surface area contributed by atoms with Gasteiger partial charge < -0.3 is 0 Å². The van der Waals surface area contributed by atoms with Crippen LogP contribution in [0.15, 0.2) is 212 Å². The maximum atomic E-state index is 14.4. The van der Waals surface area contributed by atoms with Gasteiger partial charge in [-0.05, 0) is 88.2 Å². The molecule has 0 saturated heterocycles. The van der Waals surface area contributed by atoms with Crippen LogP contribution in [0, 0.1) is 25.5 Å². The molecule has 0 radical (unpaired) electrons. The molecule has 0 unspecified atom stereocenters. The number of hydrogen-bond donors (Lipinski definition) is 0. The Morgan fingerprint density at radius 1 is 0.277 bits per heavy atom. The van der Waals surface area contributed by atoms with E-state index >= 15 is 0 Å². The van der Waals surface area contributed by atoms with Crippen molar-refractivity contribution in [2.75, 3.05) is 0 Å². The minimum absolute atomic E-state index is 0.0123. The summed E-state index contributed by atoms with van der Waals surface area (Å²) >= 11 is 0. The van der Waals surface area contributed by atoms with E-state index in [9.17, 15) is 8.78 Å². The molecule has 0 N–H and O–H groups in total. The average Bonchev–Trinajstić information content (AvgIpc) is 0.747. The van der Waals surface area contributed by atoms with Gasteiger partial charge in [0.15, 0.2) is 28.3 Å². The van der Waals surface area contributed by atoms with Crippen LogP contribution in [0.1, 0.15) is 152 Å². The van der Waals surface area contributed by atoms with Gasteiger partial charge in [0.25, 0.3) is 0 Å². The molecule has 6 nitrogen and oxygen atoms in total. The molecule has 3 heterocycles. The second kappa shape index (κ2) is 26.0. The number of aromatic nitrogens is 6. The highest BCUT2D eigenvalue weighted by atomic mass is 19.2. The van der Waals surface area contributed by atoms with E-state index in [0.29, 0.717) is 11.0 Å². The van der Waals surface area contributed by atoms with Crippen molar-refractivity contribution in [2.45, 2.75) is 171 Å². The minimum atomic E-state index is -0.896. The zero-order chi connectivity index (χ0) is 68.0. The fourth-order valence-corrected chi connectivity index (χ4v) is 13.1. The SMILES string of the molecule is CC(C)(C)c1ccccc1-c1c(-c2ccccc2)nc2cc(F)c(F)cc2[n+]1C(C)(C)C.CC(C)(C)c1ccccc1-c1c(-c2ccccc2)nc2ccccc2[n+]1C(C)(C)C.Cc1cc2nc(-c3ccccc3)c(-c3ccccc3C(C)(C)C)[n+](C(C)(C)C)c2cc1C. The number of nitrogens with zero attached hydrogens (tertiary/aromatic N) is 6. The van der Waals surface area contributed by atoms with Crippen LogP contribution in [-0.2, 0) is 32.9 Å². The average molecular weight is 1250 g/mol. The summed E-state index contributed by atoms with van der Waals surface area (Å²) in [5, 5.41) is 0. The van der Waals surface area contributed by atoms with Crippen LogP contribution in [0.2, 0.25) is 0 Å². The first-order valence-corrected chi connectivity index (χ1v) is 33.1. The van der Waals surface area contributed by atoms with Gasteiger partial charge in [0.1, 0.15) is 33.6 Å². The molecular weight excluding hydrogens is 1150 g/mol. The van der Waals surface area contributed by atoms with Crippen LogP contribution in [-0.4, -0.2) is 15.0 Å². The monoisotopic (exact) mass is 1250 g/mol. The second-order valence-electron chi connectivity index (χ2n) is 31.1. The first-order valence-electron chi connectivity index (χ1n) is 33.1. The molecule has 0 atom stereocenters. The molecule has 0 bridgehead atoms. The molecular formula is C86H95F2N6+3. The van der Waals surface area contributed by atoms with Gasteiger partial charge in [-0.15, -0.1) is 0 Å². The molecule has 0 aliphatic heterocycles. The third-order valence-corrected chi connectivity index (χ3v) is 17.4. The predicted octanol–water partition coefficient (Wildman–Crippen LogP) is 21.6. The Bertz CT molecular complexity index is 4540. The van der Waals surface area contributed by atoms with Crippen LogP contribution in [0.4, 0.5) is 8.78 Å². The van der Waals surface area contributed by atoms with Gasteiger partial charge in [0, 0.05) is 97.2 Å². The van der Waals surface area contributed by atoms with Crippen LogP contribution < -0.4 is 13.7 Å². The Kier molecular flexibility index (Phi) is 18.7. The highest BCUT2D eigenvalue weighted by Gasteiger charge is 2.40. The van der Waals surface area contributed by atoms with E-state index in [1.54, 1.807) is 0 Å². The van der Waals surface area contributed by atoms with Gasteiger partial charge >= 0.3 is 0 Å². The van der Waals surface area contributed by atoms with Gasteiger partial charge in [0.2, 0.25) is 33.6 Å². The summed E-state index contributed by atoms with van der Waals surface area (Å²) < 4.78 is 35.7. The van der Waals surface area contributed by atoms with Crippen LogP contribution >= 0.6 is 0 Å². The highest BCUT2D eigenvalue weighted by molar-refractivity contribution is 5.87. The molecule has 94 heavy (non-hydrogen) atoms. The fraction of sp³-hybridized carbons (Fsp3) is 0.302. The molecule has 0 aliphatic carbocycles. The number of halogens is 2. The lowest BCUT2D eigenvalue weighted by atomic mass is 9.82. The molecule has 9 aromatic carbocycles. The number of rotatable bonds is 6. The quantitative estimate of drug-likeness (QED) is 0.156. The largest absolute Gasteiger partial charge is 0.240 e. The zero-order valence-corrected chi connectivity index (χ0v) is 59.1. The second-order valence-corrected chi connectivity index (χ2v) is 31.1. The standard InChI is InChI=1S/C30H35N2.C28H29F2N2.C28H31N2/c1-20-18-25-26(19-21(20)2)32(30(6,7)8)28(27(31-25)22-14-10-9-11-15-22)23-16-12-13-17-24(23)29(3,4)5;1-27(2,3)20-15-11-10-14-19(20)26-25(18-12-8-7-9-13-18)31-23-16-21(29)22(30)17-24(23)32(26)28(4,5)6;1-27(2,3)22-17-11-10-16-21(22)26-25(20-14-8-7-9-15-20)29-23-18-12-13-19-24(23)30(26)28(4,5)6/h9-19H,1-8H3;7-17H,1-6H3;7-19H,1-6H3/q3*+1. The van der Waals surface area contributed by atoms with E-state index in [4.69, 9.17) is 15.0 Å². The van der Waals surface area contributed by atoms with Crippen LogP contribution in [0.25, 0.3) is 101 Å². The minimum Gasteiger partial charge on any atom is -0.234 e. The van der Waals surface area contributed by atoms with Crippen molar-refractivity contribution >= 4 is 33.1 Å². The van der Waals surface area contributed by atoms with E-state index < -0.39 is 17.2 Å². The first kappa shape index (κ1) is 67.7. The van der Waals surface area contributed by atoms with Gasteiger partial charge in [0.05, 0.1) is 22.8 Å². The lowest BCUT2D eigenvalue weighted by Crippen LogP contribution is -2.53. The summed E-state index contributed by atoms with van der Waals surface area (Å²) in [5.41, 5.74) is 23.8. The van der Waals surface area contributed by atoms with E-state index in [1.165, 1.54) is 68.0 Å². The number of hydrogen-bond acceptors (Lipinski definition) is 3. The highest BCUT2D eigenvalue weighted by Crippen LogP contribution is 2.42. The van der Waals surface area contributed by atoms with Crippen LogP contribution in [0.5, 0.6) is 0 Å². The molecule has 480 valence electrons. The third-order valence-electron chi connectivity index (χ3n) is 17.4. The molecule has 12 rings (SSSR count). The Hall–Kier alpha value is -9.14. The van der Waals surface area contributed by atoms with Gasteiger partial charge in [-0.1, -0.05) is 220 Å². The van der Waals surface area contributed by atoms with Crippen molar-refractivity contribution in [3.63, 3.8) is 0 Å². The Morgan fingerprint density at radius 3 is 0.915 bits per heavy atom. The van der Waals surface area contributed by atoms with Crippen molar-refractivity contribution in [2.24, 2.45) is 0 Å². The van der Waals surface area contributed by atoms with Crippen molar-refractivity contribution < 1.29 is 22.5 Å². The smallest absolute Gasteiger partial charge is 0.234 e. The lowest BCUT2D eigenvalue weighted by Gasteiger charge is -2.26. The molecule has 12 aromatic rings. The summed E-state index contributed by atoms with van der Waals surface area (Å²) in [5.74, 6) is -1.77. The summed E-state index contributed by atoms with van der Waals surface area (Å²) in [6.07, 6.45) is 0. The number of para-hydroxylation sites is 2. The predicted molar refractivity (Wildman–Crippen MR) is 389 cm³/mol. The van der Waals surface area contributed by atoms with Gasteiger partial charge in [-0.2, -0.15) is 13.7 Å². The molecule has 0 aliphatic rings. The van der Waals surface area contributed by atoms with Gasteiger partial charge in [-0.3, -0.25) is 0 Å². The maximum Gasteiger partial charge on any atom is 0.240 e.